The molecule has 2 aliphatic heterocycles. The summed E-state index contributed by atoms with van der Waals surface area (Å²) >= 11 is 13.8. The fourth-order valence-corrected chi connectivity index (χ4v) is 4.35. The van der Waals surface area contributed by atoms with Gasteiger partial charge in [0.1, 0.15) is 9.84 Å². The molecule has 0 amide bonds. The molecule has 0 saturated carbocycles. The highest BCUT2D eigenvalue weighted by atomic mass is 35.5. The standard InChI is InChI=1S/C17H8Cl2N2S/c18-8-1-3-10-12-7-13-11-4-2-9(19)6-15(11)21-17(13)22-16(12)20-14(10)5-8/h1-7,20H. The number of aromatic amines is 1. The van der Waals surface area contributed by atoms with Crippen LogP contribution in [0.4, 0.5) is 0 Å². The fourth-order valence-electron chi connectivity index (χ4n) is 2.96. The molecule has 106 valence electrons. The molecule has 0 radical (unpaired) electrons. The van der Waals surface area contributed by atoms with Crippen molar-refractivity contribution in [2.75, 3.05) is 0 Å². The van der Waals surface area contributed by atoms with Crippen LogP contribution in [-0.4, -0.2) is 9.97 Å². The maximum absolute atomic E-state index is 6.08. The molecule has 22 heavy (non-hydrogen) atoms. The quantitative estimate of drug-likeness (QED) is 0.349. The number of fused-ring (bicyclic) bond motifs is 6. The summed E-state index contributed by atoms with van der Waals surface area (Å²) in [6.07, 6.45) is 0. The third-order valence-electron chi connectivity index (χ3n) is 3.95. The predicted octanol–water partition coefficient (Wildman–Crippen LogP) is 6.34. The summed E-state index contributed by atoms with van der Waals surface area (Å²) in [4.78, 5) is 9.25. The summed E-state index contributed by atoms with van der Waals surface area (Å²) < 4.78 is 0. The number of aromatic nitrogens is 2. The first-order valence-electron chi connectivity index (χ1n) is 6.79. The lowest BCUT2D eigenvalue weighted by Gasteiger charge is -1.98. The molecule has 0 spiro atoms. The minimum absolute atomic E-state index is 0.714. The summed E-state index contributed by atoms with van der Waals surface area (Å²) in [5.41, 5.74) is 3.16. The molecule has 0 atom stereocenters. The smallest absolute Gasteiger partial charge is 0.126 e. The number of benzene rings is 2. The molecule has 5 heteroatoms. The third-order valence-corrected chi connectivity index (χ3v) is 5.46. The van der Waals surface area contributed by atoms with Crippen LogP contribution in [-0.2, 0) is 0 Å². The van der Waals surface area contributed by atoms with Crippen LogP contribution >= 0.6 is 34.5 Å². The van der Waals surface area contributed by atoms with Crippen LogP contribution in [0.25, 0.3) is 42.6 Å². The Balaban J connectivity index is 1.96. The molecule has 1 N–H and O–H groups in total. The van der Waals surface area contributed by atoms with E-state index in [4.69, 9.17) is 28.2 Å². The van der Waals surface area contributed by atoms with Crippen LogP contribution in [0.5, 0.6) is 0 Å². The molecule has 0 bridgehead atoms. The molecular formula is C17H8Cl2N2S. The van der Waals surface area contributed by atoms with Gasteiger partial charge in [0.05, 0.1) is 5.52 Å². The molecule has 0 unspecified atom stereocenters. The van der Waals surface area contributed by atoms with Gasteiger partial charge in [-0.15, -0.1) is 0 Å². The number of hydrogen-bond acceptors (Lipinski definition) is 2. The van der Waals surface area contributed by atoms with Gasteiger partial charge in [-0.2, -0.15) is 0 Å². The molecule has 0 saturated heterocycles. The highest BCUT2D eigenvalue weighted by Gasteiger charge is 2.16. The summed E-state index contributed by atoms with van der Waals surface area (Å²) in [5.74, 6) is 0. The summed E-state index contributed by atoms with van der Waals surface area (Å²) in [7, 11) is 0. The third kappa shape index (κ3) is 1.70. The second-order valence-electron chi connectivity index (χ2n) is 5.30. The lowest BCUT2D eigenvalue weighted by atomic mass is 10.1. The van der Waals surface area contributed by atoms with Crippen LogP contribution in [0.3, 0.4) is 0 Å². The second-order valence-corrected chi connectivity index (χ2v) is 7.17. The van der Waals surface area contributed by atoms with Crippen LogP contribution in [0, 0.1) is 0 Å². The van der Waals surface area contributed by atoms with Gasteiger partial charge in [-0.25, -0.2) is 4.98 Å². The minimum atomic E-state index is 0.714. The topological polar surface area (TPSA) is 28.7 Å². The normalized spacial score (nSPS) is 12.1. The molecule has 3 heterocycles. The predicted molar refractivity (Wildman–Crippen MR) is 95.6 cm³/mol. The number of nitrogens with zero attached hydrogens (tertiary/aromatic N) is 1. The number of nitrogens with one attached hydrogen (secondary N) is 1. The summed E-state index contributed by atoms with van der Waals surface area (Å²) in [5, 5.41) is 5.99. The molecule has 2 aromatic carbocycles. The van der Waals surface area contributed by atoms with Gasteiger partial charge < -0.3 is 4.98 Å². The van der Waals surface area contributed by atoms with Crippen LogP contribution < -0.4 is 0 Å². The lowest BCUT2D eigenvalue weighted by Crippen LogP contribution is -1.73. The number of hydrogen-bond donors (Lipinski definition) is 1. The second kappa shape index (κ2) is 4.35. The van der Waals surface area contributed by atoms with Gasteiger partial charge in [0.25, 0.3) is 0 Å². The molecular weight excluding hydrogens is 335 g/mol. The van der Waals surface area contributed by atoms with E-state index in [1.165, 1.54) is 16.3 Å². The zero-order chi connectivity index (χ0) is 14.8. The van der Waals surface area contributed by atoms with Gasteiger partial charge >= 0.3 is 0 Å². The molecule has 1 aromatic heterocycles. The van der Waals surface area contributed by atoms with E-state index in [0.29, 0.717) is 5.02 Å². The number of H-pyrrole nitrogens is 1. The van der Waals surface area contributed by atoms with Crippen molar-refractivity contribution in [3.05, 3.63) is 52.5 Å². The maximum Gasteiger partial charge on any atom is 0.126 e. The Bertz CT molecular complexity index is 1150. The zero-order valence-corrected chi connectivity index (χ0v) is 13.5. The average molecular weight is 343 g/mol. The van der Waals surface area contributed by atoms with Crippen molar-refractivity contribution in [3.63, 3.8) is 0 Å². The van der Waals surface area contributed by atoms with Gasteiger partial charge in [-0.3, -0.25) is 0 Å². The Morgan fingerprint density at radius 2 is 1.64 bits per heavy atom. The molecule has 3 aromatic rings. The van der Waals surface area contributed by atoms with Crippen molar-refractivity contribution >= 4 is 66.6 Å². The van der Waals surface area contributed by atoms with Gasteiger partial charge in [-0.1, -0.05) is 46.7 Å². The van der Waals surface area contributed by atoms with E-state index in [1.54, 1.807) is 11.3 Å². The van der Waals surface area contributed by atoms with Crippen molar-refractivity contribution in [1.82, 2.24) is 9.97 Å². The van der Waals surface area contributed by atoms with Crippen molar-refractivity contribution in [3.8, 4) is 10.6 Å². The van der Waals surface area contributed by atoms with Crippen molar-refractivity contribution in [1.29, 1.82) is 0 Å². The lowest BCUT2D eigenvalue weighted by molar-refractivity contribution is 1.52. The summed E-state index contributed by atoms with van der Waals surface area (Å²) in [6, 6.07) is 14.0. The minimum Gasteiger partial charge on any atom is -0.346 e. The van der Waals surface area contributed by atoms with E-state index in [9.17, 15) is 0 Å². The first-order chi connectivity index (χ1) is 10.7. The Morgan fingerprint density at radius 1 is 0.864 bits per heavy atom. The average Bonchev–Trinajstić information content (AvgIpc) is 3.00. The molecule has 0 fully saturated rings. The van der Waals surface area contributed by atoms with E-state index in [-0.39, 0.29) is 0 Å². The van der Waals surface area contributed by atoms with Gasteiger partial charge in [0.2, 0.25) is 0 Å². The SMILES string of the molecule is Clc1ccc2c3cc4c([nH]c5cc(Cl)ccc54)sc-3nc2c1. The fraction of sp³-hybridized carbons (Fsp3) is 0. The Kier molecular flexibility index (Phi) is 2.51. The van der Waals surface area contributed by atoms with E-state index < -0.39 is 0 Å². The highest BCUT2D eigenvalue weighted by Crippen LogP contribution is 2.41. The van der Waals surface area contributed by atoms with Crippen molar-refractivity contribution < 1.29 is 0 Å². The Labute approximate surface area is 139 Å². The first-order valence-corrected chi connectivity index (χ1v) is 8.36. The number of rotatable bonds is 0. The largest absolute Gasteiger partial charge is 0.346 e. The molecule has 2 nitrogen and oxygen atoms in total. The van der Waals surface area contributed by atoms with E-state index in [0.717, 1.165) is 31.3 Å². The van der Waals surface area contributed by atoms with E-state index >= 15 is 0 Å². The highest BCUT2D eigenvalue weighted by molar-refractivity contribution is 7.21. The Morgan fingerprint density at radius 3 is 2.50 bits per heavy atom. The van der Waals surface area contributed by atoms with Crippen molar-refractivity contribution in [2.45, 2.75) is 0 Å². The van der Waals surface area contributed by atoms with Crippen LogP contribution in [0.1, 0.15) is 0 Å². The molecule has 0 aliphatic carbocycles. The van der Waals surface area contributed by atoms with E-state index in [1.807, 2.05) is 30.3 Å². The maximum atomic E-state index is 6.08. The monoisotopic (exact) mass is 342 g/mol. The first kappa shape index (κ1) is 12.7. The van der Waals surface area contributed by atoms with Gasteiger partial charge in [-0.05, 0) is 30.3 Å². The summed E-state index contributed by atoms with van der Waals surface area (Å²) in [6.45, 7) is 0. The Hall–Kier alpha value is -1.81. The molecule has 5 rings (SSSR count). The van der Waals surface area contributed by atoms with E-state index in [2.05, 4.69) is 17.1 Å². The molecule has 2 aliphatic rings. The van der Waals surface area contributed by atoms with Crippen molar-refractivity contribution in [2.24, 2.45) is 0 Å². The van der Waals surface area contributed by atoms with Gasteiger partial charge in [0.15, 0.2) is 0 Å². The zero-order valence-electron chi connectivity index (χ0n) is 11.2. The van der Waals surface area contributed by atoms with Crippen LogP contribution in [0.15, 0.2) is 42.5 Å². The van der Waals surface area contributed by atoms with Crippen LogP contribution in [0.2, 0.25) is 10.0 Å². The number of halogens is 2. The van der Waals surface area contributed by atoms with Gasteiger partial charge in [0, 0.05) is 37.3 Å².